The number of amides is 3. The van der Waals surface area contributed by atoms with Crippen molar-refractivity contribution in [2.45, 2.75) is 116 Å². The summed E-state index contributed by atoms with van der Waals surface area (Å²) in [5, 5.41) is 19.7. The number of rotatable bonds is 11. The minimum Gasteiger partial charge on any atom is -0.475 e. The first-order valence-electron chi connectivity index (χ1n) is 15.9. The largest absolute Gasteiger partial charge is 0.475 e. The molecule has 3 aliphatic rings. The number of ketones is 1. The average molecular weight is 645 g/mol. The first kappa shape index (κ1) is 34.4. The summed E-state index contributed by atoms with van der Waals surface area (Å²) >= 11 is 6.20. The van der Waals surface area contributed by atoms with E-state index in [1.165, 1.54) is 11.3 Å². The zero-order valence-corrected chi connectivity index (χ0v) is 27.3. The van der Waals surface area contributed by atoms with Crippen LogP contribution in [0.15, 0.2) is 29.4 Å². The molecule has 0 bridgehead atoms. The van der Waals surface area contributed by atoms with Crippen molar-refractivity contribution >= 4 is 46.8 Å². The summed E-state index contributed by atoms with van der Waals surface area (Å²) in [4.78, 5) is 72.7. The fraction of sp³-hybridized carbons (Fsp3) is 0.636. The van der Waals surface area contributed by atoms with Crippen LogP contribution in [-0.4, -0.2) is 75.5 Å². The van der Waals surface area contributed by atoms with Crippen molar-refractivity contribution in [3.05, 3.63) is 34.9 Å². The zero-order valence-electron chi connectivity index (χ0n) is 26.6. The summed E-state index contributed by atoms with van der Waals surface area (Å²) in [6.45, 7) is 7.35. The van der Waals surface area contributed by atoms with Gasteiger partial charge >= 0.3 is 5.97 Å². The Bertz CT molecular complexity index is 1340. The predicted molar refractivity (Wildman–Crippen MR) is 169 cm³/mol. The molecule has 1 aliphatic carbocycles. The number of hydrogen-bond donors (Lipinski definition) is 3. The number of nitrogens with zero attached hydrogens (tertiary/aromatic N) is 2. The molecule has 12 heteroatoms. The molecular formula is C33H45ClN4O7. The Morgan fingerprint density at radius 3 is 2.47 bits per heavy atom. The van der Waals surface area contributed by atoms with E-state index in [9.17, 15) is 29.1 Å². The normalized spacial score (nSPS) is 23.2. The third kappa shape index (κ3) is 8.42. The molecular weight excluding hydrogens is 600 g/mol. The smallest absolute Gasteiger partial charge is 0.374 e. The molecule has 2 aliphatic heterocycles. The van der Waals surface area contributed by atoms with E-state index in [0.29, 0.717) is 30.0 Å². The van der Waals surface area contributed by atoms with Crippen molar-refractivity contribution < 1.29 is 33.9 Å². The van der Waals surface area contributed by atoms with E-state index < -0.39 is 52.7 Å². The molecule has 0 aromatic heterocycles. The Morgan fingerprint density at radius 1 is 1.13 bits per heavy atom. The van der Waals surface area contributed by atoms with E-state index >= 15 is 0 Å². The Morgan fingerprint density at radius 2 is 1.84 bits per heavy atom. The summed E-state index contributed by atoms with van der Waals surface area (Å²) in [5.41, 5.74) is -0.369. The maximum absolute atomic E-state index is 14.4. The number of hydrogen-bond acceptors (Lipinski definition) is 7. The molecule has 3 N–H and O–H groups in total. The summed E-state index contributed by atoms with van der Waals surface area (Å²) in [6, 6.07) is 3.87. The van der Waals surface area contributed by atoms with E-state index in [-0.39, 0.29) is 31.2 Å². The lowest BCUT2D eigenvalue weighted by molar-refractivity contribution is -0.151. The quantitative estimate of drug-likeness (QED) is 0.304. The number of oxime groups is 1. The maximum atomic E-state index is 14.4. The van der Waals surface area contributed by atoms with Gasteiger partial charge in [-0.2, -0.15) is 0 Å². The van der Waals surface area contributed by atoms with Crippen molar-refractivity contribution in [1.82, 2.24) is 15.5 Å². The highest BCUT2D eigenvalue weighted by Gasteiger charge is 2.55. The highest BCUT2D eigenvalue weighted by atomic mass is 35.5. The molecule has 1 spiro atoms. The fourth-order valence-electron chi connectivity index (χ4n) is 6.61. The van der Waals surface area contributed by atoms with Gasteiger partial charge in [-0.1, -0.05) is 82.3 Å². The van der Waals surface area contributed by atoms with E-state index in [2.05, 4.69) is 15.8 Å². The van der Waals surface area contributed by atoms with Crippen LogP contribution in [0.1, 0.15) is 97.5 Å². The Hall–Kier alpha value is -3.47. The summed E-state index contributed by atoms with van der Waals surface area (Å²) in [6.07, 6.45) is 6.60. The standard InChI is InChI=1S/C33H45ClN4O7/c1-5-10-23(27(40)31(43)44)35-29(41)25-18-33(17-24(37-45-33)21-13-9-14-22(34)16-21)19-38(25)30(42)28(32(2,3)4)36-26(39)15-20-11-7-6-8-12-20/h9,13-14,16,20,23,25,28H,5-8,10-12,15,17-19H2,1-4H3,(H,35,41)(H,36,39)(H,43,44)/t23-,25-,28+,33+/m0/s1. The van der Waals surface area contributed by atoms with Crippen LogP contribution in [0.5, 0.6) is 0 Å². The first-order chi connectivity index (χ1) is 21.2. The van der Waals surface area contributed by atoms with Gasteiger partial charge in [0, 0.05) is 29.8 Å². The summed E-state index contributed by atoms with van der Waals surface area (Å²) < 4.78 is 0. The van der Waals surface area contributed by atoms with Crippen LogP contribution in [0.25, 0.3) is 0 Å². The molecule has 11 nitrogen and oxygen atoms in total. The van der Waals surface area contributed by atoms with Gasteiger partial charge in [-0.25, -0.2) is 4.79 Å². The molecule has 2 fully saturated rings. The minimum absolute atomic E-state index is 0.00782. The number of carbonyl (C=O) groups is 5. The molecule has 1 saturated heterocycles. The van der Waals surface area contributed by atoms with Crippen molar-refractivity contribution in [3.8, 4) is 0 Å². The second-order valence-electron chi connectivity index (χ2n) is 13.8. The third-order valence-corrected chi connectivity index (χ3v) is 9.26. The second kappa shape index (κ2) is 14.3. The highest BCUT2D eigenvalue weighted by molar-refractivity contribution is 6.35. The topological polar surface area (TPSA) is 154 Å². The predicted octanol–water partition coefficient (Wildman–Crippen LogP) is 4.24. The average Bonchev–Trinajstić information content (AvgIpc) is 3.58. The molecule has 3 amide bonds. The molecule has 1 aromatic rings. The van der Waals surface area contributed by atoms with Gasteiger partial charge in [-0.15, -0.1) is 0 Å². The van der Waals surface area contributed by atoms with Gasteiger partial charge < -0.3 is 25.5 Å². The van der Waals surface area contributed by atoms with Crippen LogP contribution >= 0.6 is 11.6 Å². The van der Waals surface area contributed by atoms with Crippen molar-refractivity contribution in [2.75, 3.05) is 6.54 Å². The highest BCUT2D eigenvalue weighted by Crippen LogP contribution is 2.40. The number of Topliss-reactive ketones (excluding diaryl/α,β-unsaturated/α-hetero) is 1. The lowest BCUT2D eigenvalue weighted by Gasteiger charge is -2.36. The number of likely N-dealkylation sites (tertiary alicyclic amines) is 1. The van der Waals surface area contributed by atoms with E-state index in [0.717, 1.165) is 31.2 Å². The molecule has 4 rings (SSSR count). The molecule has 1 aromatic carbocycles. The van der Waals surface area contributed by atoms with E-state index in [1.807, 2.05) is 26.8 Å². The SMILES string of the molecule is CCC[C@H](NC(=O)[C@@H]1C[C@]2(CC(c3cccc(Cl)c3)=NO2)CN1C(=O)[C@@H](NC(=O)CC1CCCCC1)C(C)(C)C)C(=O)C(=O)O. The zero-order chi connectivity index (χ0) is 32.9. The Balaban J connectivity index is 1.60. The van der Waals surface area contributed by atoms with Crippen LogP contribution in [0.2, 0.25) is 5.02 Å². The number of nitrogens with one attached hydrogen (secondary N) is 2. The van der Waals surface area contributed by atoms with Gasteiger partial charge in [0.1, 0.15) is 12.1 Å². The van der Waals surface area contributed by atoms with Gasteiger partial charge in [0.05, 0.1) is 18.3 Å². The number of halogens is 1. The van der Waals surface area contributed by atoms with Crippen molar-refractivity contribution in [2.24, 2.45) is 16.5 Å². The Labute approximate surface area is 269 Å². The van der Waals surface area contributed by atoms with E-state index in [4.69, 9.17) is 16.4 Å². The van der Waals surface area contributed by atoms with E-state index in [1.54, 1.807) is 25.1 Å². The maximum Gasteiger partial charge on any atom is 0.374 e. The number of benzene rings is 1. The number of carboxylic acid groups (broad SMARTS) is 1. The molecule has 0 unspecified atom stereocenters. The number of carbonyl (C=O) groups excluding carboxylic acids is 4. The number of aliphatic carboxylic acids is 1. The fourth-order valence-corrected chi connectivity index (χ4v) is 6.80. The van der Waals surface area contributed by atoms with Crippen molar-refractivity contribution in [1.29, 1.82) is 0 Å². The molecule has 246 valence electrons. The van der Waals surface area contributed by atoms with Gasteiger partial charge in [-0.3, -0.25) is 19.2 Å². The third-order valence-electron chi connectivity index (χ3n) is 9.02. The minimum atomic E-state index is -1.64. The Kier molecular flexibility index (Phi) is 10.9. The van der Waals surface area contributed by atoms with Crippen LogP contribution < -0.4 is 10.6 Å². The van der Waals surface area contributed by atoms with Crippen LogP contribution in [0.3, 0.4) is 0 Å². The van der Waals surface area contributed by atoms with Gasteiger partial charge in [0.2, 0.25) is 17.7 Å². The van der Waals surface area contributed by atoms with Gasteiger partial charge in [-0.05, 0) is 42.7 Å². The monoisotopic (exact) mass is 644 g/mol. The lowest BCUT2D eigenvalue weighted by Crippen LogP contribution is -2.59. The van der Waals surface area contributed by atoms with Gasteiger partial charge in [0.25, 0.3) is 5.78 Å². The van der Waals surface area contributed by atoms with Crippen LogP contribution in [-0.2, 0) is 28.8 Å². The summed E-state index contributed by atoms with van der Waals surface area (Å²) in [7, 11) is 0. The van der Waals surface area contributed by atoms with Crippen LogP contribution in [0.4, 0.5) is 0 Å². The first-order valence-corrected chi connectivity index (χ1v) is 16.3. The van der Waals surface area contributed by atoms with Gasteiger partial charge in [0.15, 0.2) is 5.60 Å². The molecule has 1 saturated carbocycles. The summed E-state index contributed by atoms with van der Waals surface area (Å²) in [5.74, 6) is -3.80. The number of carboxylic acids is 1. The second-order valence-corrected chi connectivity index (χ2v) is 14.2. The molecule has 4 atom stereocenters. The van der Waals surface area contributed by atoms with Crippen LogP contribution in [0, 0.1) is 11.3 Å². The molecule has 0 radical (unpaired) electrons. The van der Waals surface area contributed by atoms with Crippen molar-refractivity contribution in [3.63, 3.8) is 0 Å². The molecule has 2 heterocycles. The molecule has 45 heavy (non-hydrogen) atoms. The lowest BCUT2D eigenvalue weighted by atomic mass is 9.84.